The molecule has 1 fully saturated rings. The molecule has 2 atom stereocenters. The smallest absolute Gasteiger partial charge is 0.226 e. The summed E-state index contributed by atoms with van der Waals surface area (Å²) in [7, 11) is 0. The van der Waals surface area contributed by atoms with E-state index < -0.39 is 0 Å². The highest BCUT2D eigenvalue weighted by molar-refractivity contribution is 9.10. The summed E-state index contributed by atoms with van der Waals surface area (Å²) in [4.78, 5) is 15.5. The van der Waals surface area contributed by atoms with Crippen LogP contribution >= 0.6 is 28.1 Å². The van der Waals surface area contributed by atoms with Gasteiger partial charge in [-0.15, -0.1) is 0 Å². The normalized spacial score (nSPS) is 21.8. The van der Waals surface area contributed by atoms with Crippen molar-refractivity contribution >= 4 is 34.1 Å². The van der Waals surface area contributed by atoms with E-state index in [0.717, 1.165) is 22.3 Å². The third-order valence-corrected chi connectivity index (χ3v) is 5.87. The minimum Gasteiger partial charge on any atom is -0.379 e. The SMILES string of the molecule is O=C(Cc1[nH]c(=S)n2c1C[C@@H](c1cc(Br)ccc1F)C2)NC1CCOC1. The van der Waals surface area contributed by atoms with E-state index in [9.17, 15) is 9.18 Å². The van der Waals surface area contributed by atoms with E-state index in [-0.39, 0.29) is 30.1 Å². The van der Waals surface area contributed by atoms with Gasteiger partial charge >= 0.3 is 0 Å². The van der Waals surface area contributed by atoms with Gasteiger partial charge in [0, 0.05) is 34.9 Å². The predicted octanol–water partition coefficient (Wildman–Crippen LogP) is 3.23. The first-order chi connectivity index (χ1) is 12.5. The number of rotatable bonds is 4. The van der Waals surface area contributed by atoms with Gasteiger partial charge in [-0.1, -0.05) is 15.9 Å². The fourth-order valence-corrected chi connectivity index (χ4v) is 4.46. The van der Waals surface area contributed by atoms with Gasteiger partial charge in [-0.05, 0) is 48.8 Å². The van der Waals surface area contributed by atoms with Gasteiger partial charge < -0.3 is 19.6 Å². The highest BCUT2D eigenvalue weighted by atomic mass is 79.9. The van der Waals surface area contributed by atoms with Gasteiger partial charge in [0.15, 0.2) is 4.77 Å². The van der Waals surface area contributed by atoms with E-state index in [2.05, 4.69) is 26.2 Å². The topological polar surface area (TPSA) is 59.0 Å². The average Bonchev–Trinajstić information content (AvgIpc) is 3.30. The fourth-order valence-electron chi connectivity index (χ4n) is 3.77. The molecule has 0 bridgehead atoms. The van der Waals surface area contributed by atoms with E-state index in [1.165, 1.54) is 6.07 Å². The number of aromatic amines is 1. The van der Waals surface area contributed by atoms with Crippen LogP contribution in [0.2, 0.25) is 0 Å². The summed E-state index contributed by atoms with van der Waals surface area (Å²) in [5.74, 6) is -0.236. The van der Waals surface area contributed by atoms with Crippen molar-refractivity contribution in [1.29, 1.82) is 0 Å². The number of hydrogen-bond donors (Lipinski definition) is 2. The maximum absolute atomic E-state index is 14.2. The number of H-pyrrole nitrogens is 1. The fraction of sp³-hybridized carbons (Fsp3) is 0.444. The summed E-state index contributed by atoms with van der Waals surface area (Å²) in [5.41, 5.74) is 2.50. The Balaban J connectivity index is 1.52. The molecular formula is C18H19BrFN3O2S. The standard InChI is InChI=1S/C18H19BrFN3O2S/c19-11-1-2-14(20)13(6-11)10-5-16-15(22-18(26)23(16)8-10)7-17(24)21-12-3-4-25-9-12/h1-2,6,10,12H,3-5,7-9H2,(H,21,24)(H,22,26)/t10-,12?/m1/s1. The van der Waals surface area contributed by atoms with Crippen molar-refractivity contribution in [3.8, 4) is 0 Å². The van der Waals surface area contributed by atoms with Crippen molar-refractivity contribution in [2.75, 3.05) is 13.2 Å². The third kappa shape index (κ3) is 3.50. The molecule has 3 heterocycles. The van der Waals surface area contributed by atoms with Gasteiger partial charge in [-0.3, -0.25) is 4.79 Å². The van der Waals surface area contributed by atoms with Crippen LogP contribution in [0.25, 0.3) is 0 Å². The molecule has 4 rings (SSSR count). The Morgan fingerprint density at radius 3 is 3.12 bits per heavy atom. The van der Waals surface area contributed by atoms with Gasteiger partial charge in [-0.2, -0.15) is 0 Å². The Hall–Kier alpha value is -1.51. The van der Waals surface area contributed by atoms with Crippen molar-refractivity contribution in [2.45, 2.75) is 37.8 Å². The molecule has 138 valence electrons. The second-order valence-corrected chi connectivity index (χ2v) is 8.14. The summed E-state index contributed by atoms with van der Waals surface area (Å²) in [6.07, 6.45) is 1.76. The van der Waals surface area contributed by atoms with Crippen LogP contribution in [-0.4, -0.2) is 34.7 Å². The summed E-state index contributed by atoms with van der Waals surface area (Å²) in [5, 5.41) is 2.99. The number of carbonyl (C=O) groups excluding carboxylic acids is 1. The Kier molecular flexibility index (Phi) is 4.98. The molecule has 1 saturated heterocycles. The monoisotopic (exact) mass is 439 g/mol. The summed E-state index contributed by atoms with van der Waals surface area (Å²) >= 11 is 8.82. The lowest BCUT2D eigenvalue weighted by Gasteiger charge is -2.12. The van der Waals surface area contributed by atoms with Crippen molar-refractivity contribution in [3.63, 3.8) is 0 Å². The van der Waals surface area contributed by atoms with Gasteiger partial charge in [0.25, 0.3) is 0 Å². The largest absolute Gasteiger partial charge is 0.379 e. The maximum Gasteiger partial charge on any atom is 0.226 e. The van der Waals surface area contributed by atoms with Crippen LogP contribution < -0.4 is 5.32 Å². The number of amides is 1. The molecule has 1 aromatic heterocycles. The zero-order chi connectivity index (χ0) is 18.3. The summed E-state index contributed by atoms with van der Waals surface area (Å²) in [6.45, 7) is 1.88. The van der Waals surface area contributed by atoms with Crippen LogP contribution in [0.4, 0.5) is 4.39 Å². The van der Waals surface area contributed by atoms with E-state index in [1.807, 2.05) is 10.6 Å². The second-order valence-electron chi connectivity index (χ2n) is 6.84. The summed E-state index contributed by atoms with van der Waals surface area (Å²) < 4.78 is 23.0. The van der Waals surface area contributed by atoms with Crippen molar-refractivity contribution in [2.24, 2.45) is 0 Å². The lowest BCUT2D eigenvalue weighted by atomic mass is 9.96. The van der Waals surface area contributed by atoms with Gasteiger partial charge in [-0.25, -0.2) is 4.39 Å². The number of halogens is 2. The average molecular weight is 440 g/mol. The van der Waals surface area contributed by atoms with E-state index in [4.69, 9.17) is 17.0 Å². The lowest BCUT2D eigenvalue weighted by molar-refractivity contribution is -0.121. The van der Waals surface area contributed by atoms with Gasteiger partial charge in [0.05, 0.1) is 19.1 Å². The molecule has 1 unspecified atom stereocenters. The summed E-state index contributed by atoms with van der Waals surface area (Å²) in [6, 6.07) is 5.09. The maximum atomic E-state index is 14.2. The van der Waals surface area contributed by atoms with Crippen LogP contribution in [0.1, 0.15) is 29.3 Å². The molecule has 8 heteroatoms. The second kappa shape index (κ2) is 7.25. The first-order valence-corrected chi connectivity index (χ1v) is 9.84. The Bertz CT molecular complexity index is 904. The molecule has 2 aliphatic rings. The molecule has 0 radical (unpaired) electrons. The first kappa shape index (κ1) is 17.9. The molecule has 2 aliphatic heterocycles. The number of nitrogens with zero attached hydrogens (tertiary/aromatic N) is 1. The molecule has 0 saturated carbocycles. The van der Waals surface area contributed by atoms with Crippen LogP contribution in [-0.2, 0) is 28.9 Å². The van der Waals surface area contributed by atoms with Gasteiger partial charge in [0.2, 0.25) is 5.91 Å². The number of hydrogen-bond acceptors (Lipinski definition) is 3. The molecule has 2 N–H and O–H groups in total. The lowest BCUT2D eigenvalue weighted by Crippen LogP contribution is -2.36. The first-order valence-electron chi connectivity index (χ1n) is 8.64. The Labute approximate surface area is 164 Å². The Morgan fingerprint density at radius 2 is 2.35 bits per heavy atom. The number of carbonyl (C=O) groups is 1. The highest BCUT2D eigenvalue weighted by Gasteiger charge is 2.29. The number of ether oxygens (including phenoxy) is 1. The molecule has 1 amide bonds. The minimum absolute atomic E-state index is 0.0174. The van der Waals surface area contributed by atoms with E-state index in [0.29, 0.717) is 36.5 Å². The van der Waals surface area contributed by atoms with Crippen LogP contribution in [0, 0.1) is 10.6 Å². The van der Waals surface area contributed by atoms with Crippen molar-refractivity contribution in [1.82, 2.24) is 14.9 Å². The molecule has 0 spiro atoms. The third-order valence-electron chi connectivity index (χ3n) is 5.05. The van der Waals surface area contributed by atoms with Crippen LogP contribution in [0.3, 0.4) is 0 Å². The number of fused-ring (bicyclic) bond motifs is 1. The van der Waals surface area contributed by atoms with Gasteiger partial charge in [0.1, 0.15) is 5.82 Å². The molecule has 1 aromatic carbocycles. The zero-order valence-electron chi connectivity index (χ0n) is 14.1. The number of aromatic nitrogens is 2. The molecule has 26 heavy (non-hydrogen) atoms. The predicted molar refractivity (Wildman–Crippen MR) is 101 cm³/mol. The molecular weight excluding hydrogens is 421 g/mol. The zero-order valence-corrected chi connectivity index (χ0v) is 16.5. The number of benzene rings is 1. The highest BCUT2D eigenvalue weighted by Crippen LogP contribution is 2.34. The van der Waals surface area contributed by atoms with Crippen molar-refractivity contribution < 1.29 is 13.9 Å². The quantitative estimate of drug-likeness (QED) is 0.718. The van der Waals surface area contributed by atoms with Crippen LogP contribution in [0.5, 0.6) is 0 Å². The molecule has 0 aliphatic carbocycles. The van der Waals surface area contributed by atoms with Crippen molar-refractivity contribution in [3.05, 3.63) is 50.2 Å². The minimum atomic E-state index is -0.209. The number of nitrogens with one attached hydrogen (secondary N) is 2. The molecule has 2 aromatic rings. The molecule has 5 nitrogen and oxygen atoms in total. The van der Waals surface area contributed by atoms with E-state index >= 15 is 0 Å². The number of imidazole rings is 1. The van der Waals surface area contributed by atoms with E-state index in [1.54, 1.807) is 6.07 Å². The Morgan fingerprint density at radius 1 is 1.50 bits per heavy atom. The van der Waals surface area contributed by atoms with Crippen LogP contribution in [0.15, 0.2) is 22.7 Å².